The fourth-order valence-electron chi connectivity index (χ4n) is 2.60. The van der Waals surface area contributed by atoms with Crippen LogP contribution in [0.2, 0.25) is 0 Å². The molecule has 0 bridgehead atoms. The van der Waals surface area contributed by atoms with Gasteiger partial charge in [0.05, 0.1) is 12.1 Å². The quantitative estimate of drug-likeness (QED) is 0.411. The predicted molar refractivity (Wildman–Crippen MR) is 89.4 cm³/mol. The largest absolute Gasteiger partial charge is 0.462 e. The van der Waals surface area contributed by atoms with Gasteiger partial charge in [-0.15, -0.1) is 6.58 Å². The van der Waals surface area contributed by atoms with E-state index in [0.717, 1.165) is 10.6 Å². The number of hydrogen-bond donors (Lipinski definition) is 0. The summed E-state index contributed by atoms with van der Waals surface area (Å²) >= 11 is 0. The van der Waals surface area contributed by atoms with Crippen LogP contribution < -0.4 is 11.2 Å². The van der Waals surface area contributed by atoms with Crippen molar-refractivity contribution in [3.05, 3.63) is 69.5 Å². The van der Waals surface area contributed by atoms with Crippen molar-refractivity contribution in [2.24, 2.45) is 0 Å². The van der Waals surface area contributed by atoms with Crippen LogP contribution in [0.1, 0.15) is 17.3 Å². The number of esters is 1. The molecule has 24 heavy (non-hydrogen) atoms. The lowest BCUT2D eigenvalue weighted by Gasteiger charge is -2.12. The van der Waals surface area contributed by atoms with Crippen LogP contribution in [-0.2, 0) is 11.3 Å². The third-order valence-corrected chi connectivity index (χ3v) is 3.63. The first-order valence-electron chi connectivity index (χ1n) is 7.41. The van der Waals surface area contributed by atoms with Gasteiger partial charge in [0.2, 0.25) is 0 Å². The van der Waals surface area contributed by atoms with Gasteiger partial charge < -0.3 is 4.74 Å². The Morgan fingerprint density at radius 1 is 1.33 bits per heavy atom. The van der Waals surface area contributed by atoms with Gasteiger partial charge in [-0.3, -0.25) is 9.36 Å². The predicted octanol–water partition coefficient (Wildman–Crippen LogP) is 1.37. The van der Waals surface area contributed by atoms with Crippen molar-refractivity contribution in [1.29, 1.82) is 0 Å². The molecule has 0 fully saturated rings. The topological polar surface area (TPSA) is 82.7 Å². The molecule has 0 saturated carbocycles. The molecule has 122 valence electrons. The number of benzene rings is 1. The first kappa shape index (κ1) is 15.7. The second-order valence-electron chi connectivity index (χ2n) is 5.06. The smallest absolute Gasteiger partial charge is 0.345 e. The van der Waals surface area contributed by atoms with Crippen LogP contribution >= 0.6 is 0 Å². The maximum Gasteiger partial charge on any atom is 0.345 e. The van der Waals surface area contributed by atoms with Crippen molar-refractivity contribution in [3.63, 3.8) is 0 Å². The maximum absolute atomic E-state index is 12.8. The summed E-state index contributed by atoms with van der Waals surface area (Å²) < 4.78 is 7.16. The number of carbonyl (C=O) groups is 1. The van der Waals surface area contributed by atoms with Gasteiger partial charge in [0.25, 0.3) is 5.56 Å². The van der Waals surface area contributed by atoms with Crippen LogP contribution in [0.4, 0.5) is 0 Å². The lowest BCUT2D eigenvalue weighted by molar-refractivity contribution is 0.0523. The van der Waals surface area contributed by atoms with Crippen molar-refractivity contribution in [1.82, 2.24) is 14.0 Å². The summed E-state index contributed by atoms with van der Waals surface area (Å²) in [6, 6.07) is 7.12. The Labute approximate surface area is 136 Å². The molecule has 0 unspecified atom stereocenters. The van der Waals surface area contributed by atoms with Gasteiger partial charge in [0, 0.05) is 18.1 Å². The van der Waals surface area contributed by atoms with E-state index >= 15 is 0 Å². The summed E-state index contributed by atoms with van der Waals surface area (Å²) in [5.74, 6) is -0.799. The highest BCUT2D eigenvalue weighted by atomic mass is 16.5. The Hall–Kier alpha value is -3.22. The van der Waals surface area contributed by atoms with E-state index in [4.69, 9.17) is 4.74 Å². The van der Waals surface area contributed by atoms with Gasteiger partial charge in [-0.05, 0) is 19.1 Å². The van der Waals surface area contributed by atoms with E-state index in [1.54, 1.807) is 37.3 Å². The Balaban J connectivity index is 2.49. The van der Waals surface area contributed by atoms with Gasteiger partial charge >= 0.3 is 11.7 Å². The summed E-state index contributed by atoms with van der Waals surface area (Å²) in [6.45, 7) is 5.63. The fraction of sp³-hybridized carbons (Fsp3) is 0.176. The minimum Gasteiger partial charge on any atom is -0.462 e. The molecule has 0 N–H and O–H groups in total. The molecule has 0 aliphatic rings. The van der Waals surface area contributed by atoms with E-state index in [-0.39, 0.29) is 24.4 Å². The molecular weight excluding hydrogens is 310 g/mol. The zero-order valence-corrected chi connectivity index (χ0v) is 13.1. The van der Waals surface area contributed by atoms with E-state index in [9.17, 15) is 14.4 Å². The number of nitrogens with zero attached hydrogens (tertiary/aromatic N) is 3. The Bertz CT molecular complexity index is 1080. The number of carbonyl (C=O) groups excluding carboxylic acids is 1. The van der Waals surface area contributed by atoms with Crippen molar-refractivity contribution >= 4 is 22.5 Å². The van der Waals surface area contributed by atoms with Gasteiger partial charge in [-0.2, -0.15) is 0 Å². The molecule has 2 aromatic heterocycles. The molecule has 0 amide bonds. The second kappa shape index (κ2) is 6.11. The standard InChI is InChI=1S/C17H15N3O4/c1-3-9-19-13-8-6-5-7-11(13)14-18-10-12(16(22)24-4-2)15(21)20(14)17(19)23/h3,5-8,10H,1,4,9H2,2H3. The third-order valence-electron chi connectivity index (χ3n) is 3.63. The number of para-hydroxylation sites is 1. The van der Waals surface area contributed by atoms with Crippen LogP contribution in [0.5, 0.6) is 0 Å². The molecule has 0 radical (unpaired) electrons. The lowest BCUT2D eigenvalue weighted by atomic mass is 10.2. The highest BCUT2D eigenvalue weighted by Crippen LogP contribution is 2.15. The summed E-state index contributed by atoms with van der Waals surface area (Å²) in [5.41, 5.74) is -0.752. The fourth-order valence-corrected chi connectivity index (χ4v) is 2.60. The summed E-state index contributed by atoms with van der Waals surface area (Å²) in [7, 11) is 0. The molecule has 3 aromatic rings. The van der Waals surface area contributed by atoms with E-state index < -0.39 is 17.2 Å². The number of ether oxygens (including phenoxy) is 1. The van der Waals surface area contributed by atoms with Crippen molar-refractivity contribution in [2.75, 3.05) is 6.61 Å². The average molecular weight is 325 g/mol. The van der Waals surface area contributed by atoms with E-state index in [1.807, 2.05) is 0 Å². The van der Waals surface area contributed by atoms with Gasteiger partial charge in [0.15, 0.2) is 5.65 Å². The van der Waals surface area contributed by atoms with E-state index in [1.165, 1.54) is 4.57 Å². The first-order valence-corrected chi connectivity index (χ1v) is 7.41. The summed E-state index contributed by atoms with van der Waals surface area (Å²) in [4.78, 5) is 41.5. The number of hydrogen-bond acceptors (Lipinski definition) is 5. The molecule has 2 heterocycles. The molecule has 0 saturated heterocycles. The van der Waals surface area contributed by atoms with Crippen LogP contribution in [0, 0.1) is 0 Å². The monoisotopic (exact) mass is 325 g/mol. The SMILES string of the molecule is C=CCn1c(=O)n2c(=O)c(C(=O)OCC)cnc2c2ccccc21. The molecule has 0 atom stereocenters. The maximum atomic E-state index is 12.8. The molecule has 7 nitrogen and oxygen atoms in total. The highest BCUT2D eigenvalue weighted by Gasteiger charge is 2.18. The van der Waals surface area contributed by atoms with Gasteiger partial charge in [0.1, 0.15) is 5.56 Å². The van der Waals surface area contributed by atoms with Crippen LogP contribution in [-0.4, -0.2) is 26.5 Å². The number of aromatic nitrogens is 3. The molecule has 0 spiro atoms. The zero-order chi connectivity index (χ0) is 17.3. The molecule has 0 aliphatic carbocycles. The Morgan fingerprint density at radius 2 is 2.08 bits per heavy atom. The van der Waals surface area contributed by atoms with Gasteiger partial charge in [-0.1, -0.05) is 18.2 Å². The first-order chi connectivity index (χ1) is 11.6. The Morgan fingerprint density at radius 3 is 2.79 bits per heavy atom. The summed E-state index contributed by atoms with van der Waals surface area (Å²) in [5, 5.41) is 0.631. The van der Waals surface area contributed by atoms with Gasteiger partial charge in [-0.25, -0.2) is 19.0 Å². The van der Waals surface area contributed by atoms with Crippen molar-refractivity contribution in [3.8, 4) is 0 Å². The molecule has 0 aliphatic heterocycles. The molecule has 1 aromatic carbocycles. The lowest BCUT2D eigenvalue weighted by Crippen LogP contribution is -2.37. The minimum atomic E-state index is -0.799. The highest BCUT2D eigenvalue weighted by molar-refractivity contribution is 5.93. The van der Waals surface area contributed by atoms with Crippen LogP contribution in [0.3, 0.4) is 0 Å². The molecule has 7 heteroatoms. The average Bonchev–Trinajstić information content (AvgIpc) is 2.58. The number of allylic oxidation sites excluding steroid dienone is 1. The normalized spacial score (nSPS) is 10.9. The van der Waals surface area contributed by atoms with Crippen LogP contribution in [0.15, 0.2) is 52.7 Å². The number of rotatable bonds is 4. The van der Waals surface area contributed by atoms with E-state index in [0.29, 0.717) is 10.9 Å². The number of fused-ring (bicyclic) bond motifs is 3. The zero-order valence-electron chi connectivity index (χ0n) is 13.1. The minimum absolute atomic E-state index is 0.124. The molecular formula is C17H15N3O4. The second-order valence-corrected chi connectivity index (χ2v) is 5.06. The third kappa shape index (κ3) is 2.30. The van der Waals surface area contributed by atoms with E-state index in [2.05, 4.69) is 11.6 Å². The Kier molecular flexibility index (Phi) is 3.99. The molecule has 3 rings (SSSR count). The van der Waals surface area contributed by atoms with Crippen molar-refractivity contribution in [2.45, 2.75) is 13.5 Å². The summed E-state index contributed by atoms with van der Waals surface area (Å²) in [6.07, 6.45) is 2.71. The van der Waals surface area contributed by atoms with Crippen LogP contribution in [0.25, 0.3) is 16.6 Å². The van der Waals surface area contributed by atoms with Crippen molar-refractivity contribution < 1.29 is 9.53 Å².